The molecule has 0 saturated carbocycles. The molecular weight excluding hydrogens is 154 g/mol. The van der Waals surface area contributed by atoms with Crippen molar-refractivity contribution in [2.75, 3.05) is 27.2 Å². The molecule has 0 aromatic carbocycles. The summed E-state index contributed by atoms with van der Waals surface area (Å²) in [4.78, 5) is 5.44. The van der Waals surface area contributed by atoms with Crippen LogP contribution in [0, 0.1) is 0 Å². The third-order valence-electron chi connectivity index (χ3n) is 1.63. The van der Waals surface area contributed by atoms with Crippen molar-refractivity contribution in [3.8, 4) is 0 Å². The van der Waals surface area contributed by atoms with Crippen LogP contribution >= 0.6 is 0 Å². The van der Waals surface area contributed by atoms with Gasteiger partial charge in [0.2, 0.25) is 0 Å². The van der Waals surface area contributed by atoms with Gasteiger partial charge in [-0.25, -0.2) is 0 Å². The largest absolute Gasteiger partial charge is 0.393 e. The number of hydrogen-bond acceptors (Lipinski definition) is 2. The summed E-state index contributed by atoms with van der Waals surface area (Å²) in [6.07, 6.45) is 2.22. The van der Waals surface area contributed by atoms with Gasteiger partial charge in [-0.1, -0.05) is 6.08 Å². The average Bonchev–Trinajstić information content (AvgIpc) is 1.98. The molecule has 0 fully saturated rings. The summed E-state index contributed by atoms with van der Waals surface area (Å²) in [6, 6.07) is 0. The van der Waals surface area contributed by atoms with E-state index in [0.717, 1.165) is 13.0 Å². The van der Waals surface area contributed by atoms with Crippen molar-refractivity contribution in [3.05, 3.63) is 12.7 Å². The Kier molecular flexibility index (Phi) is 5.13. The number of hydrogen-bond donors (Lipinski definition) is 1. The first-order valence-corrected chi connectivity index (χ1v) is 4.24. The van der Waals surface area contributed by atoms with E-state index in [-0.39, 0.29) is 6.10 Å². The summed E-state index contributed by atoms with van der Waals surface area (Å²) < 4.78 is 0.469. The van der Waals surface area contributed by atoms with Crippen LogP contribution in [-0.2, 0) is 4.84 Å². The quantitative estimate of drug-likeness (QED) is 0.369. The zero-order valence-corrected chi connectivity index (χ0v) is 8.29. The van der Waals surface area contributed by atoms with Crippen molar-refractivity contribution in [1.29, 1.82) is 0 Å². The van der Waals surface area contributed by atoms with Crippen molar-refractivity contribution in [1.82, 2.24) is 0 Å². The van der Waals surface area contributed by atoms with Gasteiger partial charge in [-0.3, -0.25) is 0 Å². The molecule has 0 aliphatic rings. The molecule has 0 spiro atoms. The van der Waals surface area contributed by atoms with Gasteiger partial charge in [-0.2, -0.15) is 9.48 Å². The molecule has 3 heteroatoms. The van der Waals surface area contributed by atoms with Gasteiger partial charge in [0.15, 0.2) is 0 Å². The van der Waals surface area contributed by atoms with Crippen LogP contribution < -0.4 is 0 Å². The maximum atomic E-state index is 9.06. The summed E-state index contributed by atoms with van der Waals surface area (Å²) in [6.45, 7) is 6.72. The molecule has 0 amide bonds. The minimum absolute atomic E-state index is 0.255. The Balaban J connectivity index is 3.62. The molecule has 0 bridgehead atoms. The lowest BCUT2D eigenvalue weighted by atomic mass is 10.3. The minimum Gasteiger partial charge on any atom is -0.393 e. The second kappa shape index (κ2) is 5.30. The second-order valence-corrected chi connectivity index (χ2v) is 3.52. The first-order valence-electron chi connectivity index (χ1n) is 4.24. The van der Waals surface area contributed by atoms with E-state index >= 15 is 0 Å². The van der Waals surface area contributed by atoms with Gasteiger partial charge in [0.05, 0.1) is 20.2 Å². The highest BCUT2D eigenvalue weighted by Gasteiger charge is 2.16. The summed E-state index contributed by atoms with van der Waals surface area (Å²) in [5.41, 5.74) is 0. The molecule has 0 saturated heterocycles. The van der Waals surface area contributed by atoms with E-state index in [9.17, 15) is 0 Å². The van der Waals surface area contributed by atoms with Crippen LogP contribution in [-0.4, -0.2) is 43.1 Å². The van der Waals surface area contributed by atoms with Crippen LogP contribution in [0.1, 0.15) is 13.3 Å². The zero-order valence-electron chi connectivity index (χ0n) is 8.29. The molecule has 0 aliphatic heterocycles. The lowest BCUT2D eigenvalue weighted by Gasteiger charge is -2.26. The Morgan fingerprint density at radius 2 is 2.17 bits per heavy atom. The molecule has 0 aromatic heterocycles. The number of aliphatic hydroxyl groups excluding tert-OH is 1. The maximum absolute atomic E-state index is 9.06. The number of rotatable bonds is 6. The first-order chi connectivity index (χ1) is 5.48. The smallest absolute Gasteiger partial charge is 0.124 e. The van der Waals surface area contributed by atoms with E-state index in [2.05, 4.69) is 6.58 Å². The van der Waals surface area contributed by atoms with Crippen LogP contribution in [0.3, 0.4) is 0 Å². The molecule has 1 N–H and O–H groups in total. The Morgan fingerprint density at radius 3 is 2.58 bits per heavy atom. The number of hydroxylamine groups is 3. The summed E-state index contributed by atoms with van der Waals surface area (Å²) in [7, 11) is 3.93. The highest BCUT2D eigenvalue weighted by Crippen LogP contribution is 2.02. The van der Waals surface area contributed by atoms with E-state index in [1.165, 1.54) is 0 Å². The van der Waals surface area contributed by atoms with Crippen LogP contribution in [0.25, 0.3) is 0 Å². The third-order valence-corrected chi connectivity index (χ3v) is 1.63. The van der Waals surface area contributed by atoms with Crippen molar-refractivity contribution in [2.24, 2.45) is 0 Å². The van der Waals surface area contributed by atoms with Crippen molar-refractivity contribution >= 4 is 0 Å². The van der Waals surface area contributed by atoms with Gasteiger partial charge >= 0.3 is 0 Å². The van der Waals surface area contributed by atoms with E-state index in [1.54, 1.807) is 13.0 Å². The Morgan fingerprint density at radius 1 is 1.58 bits per heavy atom. The molecule has 0 aromatic rings. The third kappa shape index (κ3) is 6.34. The molecule has 72 valence electrons. The molecule has 0 aliphatic carbocycles. The minimum atomic E-state index is -0.255. The fourth-order valence-electron chi connectivity index (χ4n) is 0.817. The van der Waals surface area contributed by atoms with Gasteiger partial charge in [0.1, 0.15) is 13.2 Å². The summed E-state index contributed by atoms with van der Waals surface area (Å²) in [5, 5.41) is 9.06. The maximum Gasteiger partial charge on any atom is 0.124 e. The standard InChI is InChI=1S/C9H20NO2/c1-5-8-12-10(3,4)7-6-9(2)11/h5,9,11H,1,6-8H2,2-4H3/q+1. The Hall–Kier alpha value is -0.380. The van der Waals surface area contributed by atoms with Crippen molar-refractivity contribution in [2.45, 2.75) is 19.4 Å². The fourth-order valence-corrected chi connectivity index (χ4v) is 0.817. The summed E-state index contributed by atoms with van der Waals surface area (Å²) in [5.74, 6) is 0. The van der Waals surface area contributed by atoms with Crippen molar-refractivity contribution < 1.29 is 14.6 Å². The van der Waals surface area contributed by atoms with Crippen LogP contribution in [0.2, 0.25) is 0 Å². The topological polar surface area (TPSA) is 29.5 Å². The van der Waals surface area contributed by atoms with E-state index < -0.39 is 0 Å². The molecule has 0 heterocycles. The lowest BCUT2D eigenvalue weighted by Crippen LogP contribution is -2.41. The number of quaternary nitrogens is 1. The second-order valence-electron chi connectivity index (χ2n) is 3.52. The Bertz CT molecular complexity index is 132. The predicted molar refractivity (Wildman–Crippen MR) is 49.4 cm³/mol. The summed E-state index contributed by atoms with van der Waals surface area (Å²) >= 11 is 0. The fraction of sp³-hybridized carbons (Fsp3) is 0.778. The zero-order chi connectivity index (χ0) is 9.61. The van der Waals surface area contributed by atoms with Gasteiger partial charge in [0.25, 0.3) is 0 Å². The number of nitrogens with zero attached hydrogens (tertiary/aromatic N) is 1. The lowest BCUT2D eigenvalue weighted by molar-refractivity contribution is -1.08. The Labute approximate surface area is 74.8 Å². The van der Waals surface area contributed by atoms with Gasteiger partial charge < -0.3 is 5.11 Å². The average molecular weight is 174 g/mol. The highest BCUT2D eigenvalue weighted by molar-refractivity contribution is 4.62. The monoisotopic (exact) mass is 174 g/mol. The molecule has 1 atom stereocenters. The molecule has 12 heavy (non-hydrogen) atoms. The van der Waals surface area contributed by atoms with Crippen molar-refractivity contribution in [3.63, 3.8) is 0 Å². The van der Waals surface area contributed by atoms with Gasteiger partial charge in [0, 0.05) is 6.42 Å². The highest BCUT2D eigenvalue weighted by atomic mass is 16.7. The molecule has 0 rings (SSSR count). The first kappa shape index (κ1) is 11.6. The predicted octanol–water partition coefficient (Wildman–Crippen LogP) is 0.951. The van der Waals surface area contributed by atoms with Crippen LogP contribution in [0.15, 0.2) is 12.7 Å². The van der Waals surface area contributed by atoms with E-state index in [4.69, 9.17) is 9.94 Å². The van der Waals surface area contributed by atoms with Gasteiger partial charge in [-0.15, -0.1) is 6.58 Å². The van der Waals surface area contributed by atoms with Crippen LogP contribution in [0.5, 0.6) is 0 Å². The SMILES string of the molecule is C=CCO[N+](C)(C)CCC(C)O. The normalized spacial score (nSPS) is 14.3. The molecular formula is C9H20NO2+. The molecule has 1 unspecified atom stereocenters. The van der Waals surface area contributed by atoms with Gasteiger partial charge in [-0.05, 0) is 6.92 Å². The van der Waals surface area contributed by atoms with E-state index in [0.29, 0.717) is 11.3 Å². The molecule has 0 radical (unpaired) electrons. The molecule has 3 nitrogen and oxygen atoms in total. The number of aliphatic hydroxyl groups is 1. The van der Waals surface area contributed by atoms with Crippen LogP contribution in [0.4, 0.5) is 0 Å². The van der Waals surface area contributed by atoms with E-state index in [1.807, 2.05) is 14.1 Å².